The molecule has 1 rings (SSSR count). The average molecular weight is 154 g/mol. The van der Waals surface area contributed by atoms with E-state index in [1.165, 1.54) is 0 Å². The van der Waals surface area contributed by atoms with Crippen LogP contribution in [-0.2, 0) is 0 Å². The molecule has 0 aromatic carbocycles. The van der Waals surface area contributed by atoms with Crippen molar-refractivity contribution in [3.63, 3.8) is 0 Å². The lowest BCUT2D eigenvalue weighted by molar-refractivity contribution is 0.220. The predicted molar refractivity (Wildman–Crippen MR) is 44.1 cm³/mol. The summed E-state index contributed by atoms with van der Waals surface area (Å²) in [5.74, 6) is 0. The van der Waals surface area contributed by atoms with Crippen LogP contribution in [0.2, 0.25) is 0 Å². The van der Waals surface area contributed by atoms with Gasteiger partial charge in [0.2, 0.25) is 0 Å². The van der Waals surface area contributed by atoms with Crippen LogP contribution in [0.1, 0.15) is 17.9 Å². The van der Waals surface area contributed by atoms with Crippen LogP contribution in [0.25, 0.3) is 0 Å². The van der Waals surface area contributed by atoms with Gasteiger partial charge < -0.3 is 5.11 Å². The van der Waals surface area contributed by atoms with Gasteiger partial charge in [0.25, 0.3) is 0 Å². The van der Waals surface area contributed by atoms with Gasteiger partial charge in [-0.1, -0.05) is 12.6 Å². The zero-order valence-electron chi connectivity index (χ0n) is 5.87. The number of aliphatic hydroxyl groups is 1. The van der Waals surface area contributed by atoms with Crippen LogP contribution in [0.15, 0.2) is 29.7 Å². The summed E-state index contributed by atoms with van der Waals surface area (Å²) >= 11 is 1.55. The lowest BCUT2D eigenvalue weighted by atomic mass is 10.2. The summed E-state index contributed by atoms with van der Waals surface area (Å²) in [5.41, 5.74) is 0.794. The Morgan fingerprint density at radius 3 is 2.90 bits per heavy atom. The third-order valence-electron chi connectivity index (χ3n) is 1.28. The van der Waals surface area contributed by atoms with Crippen LogP contribution in [-0.4, -0.2) is 5.11 Å². The number of hydrogen-bond acceptors (Lipinski definition) is 2. The first-order chi connectivity index (χ1) is 4.72. The van der Waals surface area contributed by atoms with Crippen LogP contribution in [0.3, 0.4) is 0 Å². The van der Waals surface area contributed by atoms with E-state index in [4.69, 9.17) is 0 Å². The monoisotopic (exact) mass is 154 g/mol. The van der Waals surface area contributed by atoms with E-state index in [-0.39, 0.29) is 0 Å². The molecule has 1 aromatic heterocycles. The van der Waals surface area contributed by atoms with Gasteiger partial charge in [-0.15, -0.1) is 11.3 Å². The molecule has 1 aromatic rings. The lowest BCUT2D eigenvalue weighted by Gasteiger charge is -2.05. The van der Waals surface area contributed by atoms with Crippen molar-refractivity contribution < 1.29 is 5.11 Å². The van der Waals surface area contributed by atoms with Crippen LogP contribution < -0.4 is 0 Å². The molecule has 1 atom stereocenters. The van der Waals surface area contributed by atoms with Gasteiger partial charge in [0.05, 0.1) is 0 Å². The second-order valence-electron chi connectivity index (χ2n) is 2.26. The first-order valence-electron chi connectivity index (χ1n) is 3.08. The largest absolute Gasteiger partial charge is 0.383 e. The maximum Gasteiger partial charge on any atom is 0.109 e. The summed E-state index contributed by atoms with van der Waals surface area (Å²) < 4.78 is 0. The zero-order chi connectivity index (χ0) is 7.56. The van der Waals surface area contributed by atoms with Crippen LogP contribution in [0.5, 0.6) is 0 Å². The van der Waals surface area contributed by atoms with Crippen molar-refractivity contribution in [3.8, 4) is 0 Å². The van der Waals surface area contributed by atoms with Gasteiger partial charge in [-0.25, -0.2) is 0 Å². The van der Waals surface area contributed by atoms with Gasteiger partial charge in [0.1, 0.15) is 6.10 Å². The molecule has 0 saturated carbocycles. The smallest absolute Gasteiger partial charge is 0.109 e. The van der Waals surface area contributed by atoms with Crippen molar-refractivity contribution in [2.24, 2.45) is 0 Å². The second-order valence-corrected chi connectivity index (χ2v) is 3.24. The molecule has 2 heteroatoms. The Morgan fingerprint density at radius 2 is 2.50 bits per heavy atom. The highest BCUT2D eigenvalue weighted by atomic mass is 32.1. The number of thiophene rings is 1. The van der Waals surface area contributed by atoms with E-state index in [9.17, 15) is 5.11 Å². The molecule has 1 nitrogen and oxygen atoms in total. The molecule has 0 unspecified atom stereocenters. The van der Waals surface area contributed by atoms with Crippen molar-refractivity contribution >= 4 is 11.3 Å². The van der Waals surface area contributed by atoms with Crippen LogP contribution >= 0.6 is 11.3 Å². The molecule has 0 fully saturated rings. The van der Waals surface area contributed by atoms with E-state index in [0.717, 1.165) is 10.5 Å². The SMILES string of the molecule is C=C(C)[C@@H](O)c1cccs1. The van der Waals surface area contributed by atoms with E-state index in [1.54, 1.807) is 11.3 Å². The molecule has 1 N–H and O–H groups in total. The standard InChI is InChI=1S/C8H10OS/c1-6(2)8(9)7-4-3-5-10-7/h3-5,8-9H,1H2,2H3/t8-/m1/s1. The first kappa shape index (κ1) is 7.51. The molecule has 0 radical (unpaired) electrons. The summed E-state index contributed by atoms with van der Waals surface area (Å²) in [6, 6.07) is 3.83. The van der Waals surface area contributed by atoms with Crippen molar-refractivity contribution in [1.29, 1.82) is 0 Å². The molecule has 0 bridgehead atoms. The van der Waals surface area contributed by atoms with Crippen molar-refractivity contribution in [2.75, 3.05) is 0 Å². The lowest BCUT2D eigenvalue weighted by Crippen LogP contribution is -1.93. The van der Waals surface area contributed by atoms with Crippen molar-refractivity contribution in [2.45, 2.75) is 13.0 Å². The van der Waals surface area contributed by atoms with Crippen molar-refractivity contribution in [3.05, 3.63) is 34.5 Å². The van der Waals surface area contributed by atoms with Crippen molar-refractivity contribution in [1.82, 2.24) is 0 Å². The zero-order valence-corrected chi connectivity index (χ0v) is 6.69. The van der Waals surface area contributed by atoms with Crippen LogP contribution in [0, 0.1) is 0 Å². The van der Waals surface area contributed by atoms with E-state index >= 15 is 0 Å². The van der Waals surface area contributed by atoms with E-state index in [0.29, 0.717) is 0 Å². The minimum atomic E-state index is -0.472. The Hall–Kier alpha value is -0.600. The van der Waals surface area contributed by atoms with Crippen LogP contribution in [0.4, 0.5) is 0 Å². The first-order valence-corrected chi connectivity index (χ1v) is 3.96. The third kappa shape index (κ3) is 1.46. The third-order valence-corrected chi connectivity index (χ3v) is 2.20. The molecule has 0 spiro atoms. The Morgan fingerprint density at radius 1 is 1.80 bits per heavy atom. The molecular weight excluding hydrogens is 144 g/mol. The average Bonchev–Trinajstić information content (AvgIpc) is 2.36. The summed E-state index contributed by atoms with van der Waals surface area (Å²) in [5, 5.41) is 11.3. The van der Waals surface area contributed by atoms with E-state index in [2.05, 4.69) is 6.58 Å². The van der Waals surface area contributed by atoms with Gasteiger partial charge in [0.15, 0.2) is 0 Å². The van der Waals surface area contributed by atoms with Gasteiger partial charge in [0, 0.05) is 4.88 Å². The summed E-state index contributed by atoms with van der Waals surface area (Å²) in [6.07, 6.45) is -0.472. The fraction of sp³-hybridized carbons (Fsp3) is 0.250. The Kier molecular flexibility index (Phi) is 2.25. The highest BCUT2D eigenvalue weighted by Crippen LogP contribution is 2.23. The molecule has 0 aliphatic heterocycles. The van der Waals surface area contributed by atoms with Gasteiger partial charge in [-0.3, -0.25) is 0 Å². The Labute approximate surface area is 64.6 Å². The molecule has 1 heterocycles. The molecule has 0 aliphatic rings. The quantitative estimate of drug-likeness (QED) is 0.648. The number of rotatable bonds is 2. The minimum Gasteiger partial charge on any atom is -0.383 e. The minimum absolute atomic E-state index is 0.472. The molecule has 0 saturated heterocycles. The molecule has 10 heavy (non-hydrogen) atoms. The van der Waals surface area contributed by atoms with Gasteiger partial charge >= 0.3 is 0 Å². The highest BCUT2D eigenvalue weighted by Gasteiger charge is 2.07. The molecule has 0 amide bonds. The fourth-order valence-corrected chi connectivity index (χ4v) is 1.49. The van der Waals surface area contributed by atoms with E-state index < -0.39 is 6.10 Å². The number of aliphatic hydroxyl groups excluding tert-OH is 1. The molecular formula is C8H10OS. The fourth-order valence-electron chi connectivity index (χ4n) is 0.690. The molecule has 54 valence electrons. The Balaban J connectivity index is 2.77. The summed E-state index contributed by atoms with van der Waals surface area (Å²) in [7, 11) is 0. The topological polar surface area (TPSA) is 20.2 Å². The second kappa shape index (κ2) is 2.99. The number of hydrogen-bond donors (Lipinski definition) is 1. The van der Waals surface area contributed by atoms with Gasteiger partial charge in [-0.2, -0.15) is 0 Å². The summed E-state index contributed by atoms with van der Waals surface area (Å²) in [6.45, 7) is 5.49. The van der Waals surface area contributed by atoms with Gasteiger partial charge in [-0.05, 0) is 23.9 Å². The predicted octanol–water partition coefficient (Wildman–Crippen LogP) is 2.36. The van der Waals surface area contributed by atoms with E-state index in [1.807, 2.05) is 24.4 Å². The highest BCUT2D eigenvalue weighted by molar-refractivity contribution is 7.10. The maximum atomic E-state index is 9.40. The normalized spacial score (nSPS) is 13.0. The Bertz CT molecular complexity index is 213. The maximum absolute atomic E-state index is 9.40. The molecule has 0 aliphatic carbocycles. The summed E-state index contributed by atoms with van der Waals surface area (Å²) in [4.78, 5) is 0.965.